The number of thioether (sulfide) groups is 1. The standard InChI is InChI=1S/C17H23N5O2S/c1-12(16(23)18-13-6-4-3-5-7-13)25-17-19-20-21-22(17)14-8-10-15(24-2)11-9-14/h8-13H,3-7H2,1-2H3,(H,18,23). The molecule has 0 spiro atoms. The van der Waals surface area contributed by atoms with Crippen LogP contribution in [0.2, 0.25) is 0 Å². The van der Waals surface area contributed by atoms with E-state index >= 15 is 0 Å². The molecular formula is C17H23N5O2S. The molecule has 1 aliphatic rings. The molecule has 1 aliphatic carbocycles. The van der Waals surface area contributed by atoms with Crippen molar-refractivity contribution in [2.24, 2.45) is 0 Å². The summed E-state index contributed by atoms with van der Waals surface area (Å²) in [5.74, 6) is 0.812. The number of hydrogen-bond acceptors (Lipinski definition) is 6. The van der Waals surface area contributed by atoms with E-state index in [1.807, 2.05) is 31.2 Å². The molecule has 1 heterocycles. The molecule has 0 radical (unpaired) electrons. The Kier molecular flexibility index (Phi) is 5.91. The number of amides is 1. The molecule has 7 nitrogen and oxygen atoms in total. The molecule has 1 amide bonds. The van der Waals surface area contributed by atoms with Crippen molar-refractivity contribution in [3.8, 4) is 11.4 Å². The first kappa shape index (κ1) is 17.7. The molecule has 0 saturated heterocycles. The van der Waals surface area contributed by atoms with Gasteiger partial charge in [0.05, 0.1) is 18.0 Å². The van der Waals surface area contributed by atoms with E-state index in [4.69, 9.17) is 4.74 Å². The number of carbonyl (C=O) groups excluding carboxylic acids is 1. The summed E-state index contributed by atoms with van der Waals surface area (Å²) < 4.78 is 6.80. The van der Waals surface area contributed by atoms with Gasteiger partial charge in [0.15, 0.2) is 0 Å². The Morgan fingerprint density at radius 2 is 2.00 bits per heavy atom. The molecule has 0 aliphatic heterocycles. The third-order valence-corrected chi connectivity index (χ3v) is 5.39. The van der Waals surface area contributed by atoms with Gasteiger partial charge in [-0.3, -0.25) is 4.79 Å². The number of ether oxygens (including phenoxy) is 1. The van der Waals surface area contributed by atoms with Gasteiger partial charge in [-0.15, -0.1) is 5.10 Å². The van der Waals surface area contributed by atoms with Crippen molar-refractivity contribution in [2.75, 3.05) is 7.11 Å². The lowest BCUT2D eigenvalue weighted by Gasteiger charge is -2.24. The predicted molar refractivity (Wildman–Crippen MR) is 96.0 cm³/mol. The van der Waals surface area contributed by atoms with Crippen LogP contribution in [0, 0.1) is 0 Å². The minimum Gasteiger partial charge on any atom is -0.497 e. The Hall–Kier alpha value is -2.09. The summed E-state index contributed by atoms with van der Waals surface area (Å²) in [6.45, 7) is 1.88. The van der Waals surface area contributed by atoms with Crippen molar-refractivity contribution in [1.82, 2.24) is 25.5 Å². The van der Waals surface area contributed by atoms with E-state index in [9.17, 15) is 4.79 Å². The molecule has 1 fully saturated rings. The number of benzene rings is 1. The van der Waals surface area contributed by atoms with Gasteiger partial charge in [-0.05, 0) is 54.5 Å². The zero-order valence-electron chi connectivity index (χ0n) is 14.5. The average Bonchev–Trinajstić information content (AvgIpc) is 3.10. The highest BCUT2D eigenvalue weighted by Crippen LogP contribution is 2.25. The van der Waals surface area contributed by atoms with Crippen LogP contribution in [0.5, 0.6) is 5.75 Å². The van der Waals surface area contributed by atoms with E-state index in [1.54, 1.807) is 11.8 Å². The Bertz CT molecular complexity index is 697. The Labute approximate surface area is 151 Å². The highest BCUT2D eigenvalue weighted by Gasteiger charge is 2.22. The maximum atomic E-state index is 12.4. The highest BCUT2D eigenvalue weighted by molar-refractivity contribution is 8.00. The molecule has 3 rings (SSSR count). The third-order valence-electron chi connectivity index (χ3n) is 4.36. The number of nitrogens with zero attached hydrogens (tertiary/aromatic N) is 4. The average molecular weight is 361 g/mol. The predicted octanol–water partition coefficient (Wildman–Crippen LogP) is 2.60. The molecule has 8 heteroatoms. The fourth-order valence-electron chi connectivity index (χ4n) is 2.91. The minimum absolute atomic E-state index is 0.0428. The van der Waals surface area contributed by atoms with Gasteiger partial charge in [-0.1, -0.05) is 31.0 Å². The Morgan fingerprint density at radius 3 is 2.68 bits per heavy atom. The normalized spacial score (nSPS) is 16.4. The summed E-state index contributed by atoms with van der Waals surface area (Å²) in [4.78, 5) is 12.4. The van der Waals surface area contributed by atoms with Gasteiger partial charge >= 0.3 is 0 Å². The van der Waals surface area contributed by atoms with E-state index < -0.39 is 0 Å². The molecule has 25 heavy (non-hydrogen) atoms. The zero-order valence-corrected chi connectivity index (χ0v) is 15.3. The minimum atomic E-state index is -0.259. The number of aromatic nitrogens is 4. The molecule has 1 saturated carbocycles. The molecule has 0 bridgehead atoms. The summed E-state index contributed by atoms with van der Waals surface area (Å²) >= 11 is 1.36. The number of carbonyl (C=O) groups is 1. The second kappa shape index (κ2) is 8.33. The second-order valence-electron chi connectivity index (χ2n) is 6.17. The Balaban J connectivity index is 1.64. The van der Waals surface area contributed by atoms with E-state index in [-0.39, 0.29) is 11.2 Å². The molecule has 1 aromatic carbocycles. The van der Waals surface area contributed by atoms with Gasteiger partial charge in [0.2, 0.25) is 11.1 Å². The fourth-order valence-corrected chi connectivity index (χ4v) is 3.73. The summed E-state index contributed by atoms with van der Waals surface area (Å²) in [5.41, 5.74) is 0.827. The monoisotopic (exact) mass is 361 g/mol. The summed E-state index contributed by atoms with van der Waals surface area (Å²) in [6.07, 6.45) is 5.82. The quantitative estimate of drug-likeness (QED) is 0.797. The fraction of sp³-hybridized carbons (Fsp3) is 0.529. The van der Waals surface area contributed by atoms with Crippen molar-refractivity contribution < 1.29 is 9.53 Å². The summed E-state index contributed by atoms with van der Waals surface area (Å²) in [6, 6.07) is 7.77. The largest absolute Gasteiger partial charge is 0.497 e. The molecule has 134 valence electrons. The van der Waals surface area contributed by atoms with Crippen molar-refractivity contribution in [3.05, 3.63) is 24.3 Å². The summed E-state index contributed by atoms with van der Waals surface area (Å²) in [5, 5.41) is 15.3. The van der Waals surface area contributed by atoms with Crippen molar-refractivity contribution in [3.63, 3.8) is 0 Å². The molecule has 1 unspecified atom stereocenters. The smallest absolute Gasteiger partial charge is 0.233 e. The molecule has 1 atom stereocenters. The van der Waals surface area contributed by atoms with Crippen LogP contribution in [-0.4, -0.2) is 44.5 Å². The lowest BCUT2D eigenvalue weighted by atomic mass is 9.95. The van der Waals surface area contributed by atoms with E-state index in [2.05, 4.69) is 20.8 Å². The maximum absolute atomic E-state index is 12.4. The Morgan fingerprint density at radius 1 is 1.28 bits per heavy atom. The van der Waals surface area contributed by atoms with Crippen LogP contribution < -0.4 is 10.1 Å². The summed E-state index contributed by atoms with van der Waals surface area (Å²) in [7, 11) is 1.62. The molecule has 1 N–H and O–H groups in total. The third kappa shape index (κ3) is 4.50. The van der Waals surface area contributed by atoms with Crippen LogP contribution >= 0.6 is 11.8 Å². The number of nitrogens with one attached hydrogen (secondary N) is 1. The molecular weight excluding hydrogens is 338 g/mol. The SMILES string of the molecule is COc1ccc(-n2nnnc2SC(C)C(=O)NC2CCCCC2)cc1. The van der Waals surface area contributed by atoms with E-state index in [1.165, 1.54) is 31.0 Å². The van der Waals surface area contributed by atoms with Crippen molar-refractivity contribution >= 4 is 17.7 Å². The van der Waals surface area contributed by atoms with Crippen molar-refractivity contribution in [2.45, 2.75) is 55.5 Å². The number of rotatable bonds is 6. The topological polar surface area (TPSA) is 81.9 Å². The first-order valence-corrected chi connectivity index (χ1v) is 9.45. The molecule has 2 aromatic rings. The van der Waals surface area contributed by atoms with E-state index in [0.29, 0.717) is 11.2 Å². The lowest BCUT2D eigenvalue weighted by molar-refractivity contribution is -0.121. The van der Waals surface area contributed by atoms with Gasteiger partial charge in [0.25, 0.3) is 0 Å². The highest BCUT2D eigenvalue weighted by atomic mass is 32.2. The van der Waals surface area contributed by atoms with Crippen LogP contribution in [0.3, 0.4) is 0 Å². The van der Waals surface area contributed by atoms with Crippen LogP contribution in [0.25, 0.3) is 5.69 Å². The van der Waals surface area contributed by atoms with Crippen LogP contribution in [0.1, 0.15) is 39.0 Å². The van der Waals surface area contributed by atoms with Crippen molar-refractivity contribution in [1.29, 1.82) is 0 Å². The maximum Gasteiger partial charge on any atom is 0.233 e. The second-order valence-corrected chi connectivity index (χ2v) is 7.48. The van der Waals surface area contributed by atoms with Gasteiger partial charge < -0.3 is 10.1 Å². The molecule has 1 aromatic heterocycles. The van der Waals surface area contributed by atoms with E-state index in [0.717, 1.165) is 24.3 Å². The van der Waals surface area contributed by atoms with Crippen LogP contribution in [-0.2, 0) is 4.79 Å². The number of hydrogen-bond donors (Lipinski definition) is 1. The lowest BCUT2D eigenvalue weighted by Crippen LogP contribution is -2.40. The first-order valence-electron chi connectivity index (χ1n) is 8.57. The zero-order chi connectivity index (χ0) is 17.6. The van der Waals surface area contributed by atoms with Gasteiger partial charge in [-0.2, -0.15) is 4.68 Å². The van der Waals surface area contributed by atoms with Gasteiger partial charge in [0, 0.05) is 6.04 Å². The van der Waals surface area contributed by atoms with Crippen LogP contribution in [0.4, 0.5) is 0 Å². The number of tetrazole rings is 1. The van der Waals surface area contributed by atoms with Crippen LogP contribution in [0.15, 0.2) is 29.4 Å². The first-order chi connectivity index (χ1) is 12.2. The number of methoxy groups -OCH3 is 1. The van der Waals surface area contributed by atoms with Gasteiger partial charge in [-0.25, -0.2) is 0 Å². The van der Waals surface area contributed by atoms with Gasteiger partial charge in [0.1, 0.15) is 5.75 Å².